The molecular weight excluding hydrogens is 1350 g/mol. The number of hydrogen-bond donors (Lipinski definition) is 3. The Hall–Kier alpha value is -1.94. The van der Waals surface area contributed by atoms with Crippen LogP contribution in [0.3, 0.4) is 0 Å². The van der Waals surface area contributed by atoms with Gasteiger partial charge in [-0.15, -0.1) is 0 Å². The molecule has 0 fully saturated rings. The Morgan fingerprint density at radius 2 is 0.442 bits per heavy atom. The highest BCUT2D eigenvalue weighted by atomic mass is 31.2. The smallest absolute Gasteiger partial charge is 0.462 e. The molecule has 0 rings (SSSR count). The van der Waals surface area contributed by atoms with Crippen molar-refractivity contribution in [3.8, 4) is 0 Å². The molecule has 0 saturated carbocycles. The summed E-state index contributed by atoms with van der Waals surface area (Å²) in [5.74, 6) is -1.36. The standard InChI is InChI=1S/C85H166O17P2/c1-6-9-12-15-18-21-24-27-30-32-33-34-36-39-42-45-50-56-61-66-71-85(90)101-80(74-95-82(87)68-63-58-53-48-43-40-38-35-31-28-25-22-19-16-13-10-7-2)76-99-103(91,92)97-72-79(86)73-98-104(93,94)100-77-81(75-96-83(88)69-64-59-54-51-46-47-52-57-62-67-78(4)5)102-84(89)70-65-60-55-49-44-41-37-29-26-23-20-17-14-11-8-3/h78-81,86H,6-77H2,1-5H3,(H,91,92)(H,93,94)/t79-,80-,81-/m1/s1. The van der Waals surface area contributed by atoms with E-state index in [2.05, 4.69) is 34.6 Å². The molecule has 0 aliphatic heterocycles. The molecule has 0 bridgehead atoms. The van der Waals surface area contributed by atoms with Gasteiger partial charge in [-0.1, -0.05) is 407 Å². The molecule has 5 atom stereocenters. The Bertz CT molecular complexity index is 1980. The van der Waals surface area contributed by atoms with Gasteiger partial charge in [0.15, 0.2) is 12.2 Å². The fourth-order valence-corrected chi connectivity index (χ4v) is 14.9. The fourth-order valence-electron chi connectivity index (χ4n) is 13.3. The van der Waals surface area contributed by atoms with Crippen LogP contribution in [-0.4, -0.2) is 96.7 Å². The molecule has 104 heavy (non-hydrogen) atoms. The molecule has 0 spiro atoms. The second kappa shape index (κ2) is 77.8. The lowest BCUT2D eigenvalue weighted by molar-refractivity contribution is -0.161. The second-order valence-electron chi connectivity index (χ2n) is 31.1. The van der Waals surface area contributed by atoms with Gasteiger partial charge in [0.1, 0.15) is 19.3 Å². The normalized spacial score (nSPS) is 13.8. The van der Waals surface area contributed by atoms with E-state index in [0.717, 1.165) is 95.8 Å². The number of carbonyl (C=O) groups is 4. The maximum absolute atomic E-state index is 13.1. The monoisotopic (exact) mass is 1520 g/mol. The molecule has 0 saturated heterocycles. The number of carbonyl (C=O) groups excluding carboxylic acids is 4. The van der Waals surface area contributed by atoms with Crippen LogP contribution in [-0.2, 0) is 65.4 Å². The van der Waals surface area contributed by atoms with Crippen molar-refractivity contribution >= 4 is 39.5 Å². The van der Waals surface area contributed by atoms with Crippen LogP contribution in [0.1, 0.15) is 458 Å². The third-order valence-electron chi connectivity index (χ3n) is 20.0. The molecule has 0 radical (unpaired) electrons. The summed E-state index contributed by atoms with van der Waals surface area (Å²) in [6.45, 7) is 7.35. The molecule has 0 heterocycles. The van der Waals surface area contributed by atoms with Gasteiger partial charge in [-0.05, 0) is 31.6 Å². The molecule has 19 heteroatoms. The summed E-state index contributed by atoms with van der Waals surface area (Å²) in [5.41, 5.74) is 0. The zero-order chi connectivity index (χ0) is 76.2. The Balaban J connectivity index is 5.25. The van der Waals surface area contributed by atoms with Crippen LogP contribution in [0.4, 0.5) is 0 Å². The van der Waals surface area contributed by atoms with E-state index in [-0.39, 0.29) is 25.7 Å². The highest BCUT2D eigenvalue weighted by molar-refractivity contribution is 7.47. The first-order valence-electron chi connectivity index (χ1n) is 44.1. The molecule has 0 aromatic rings. The number of ether oxygens (including phenoxy) is 4. The lowest BCUT2D eigenvalue weighted by Gasteiger charge is -2.21. The van der Waals surface area contributed by atoms with Crippen LogP contribution in [0.2, 0.25) is 0 Å². The van der Waals surface area contributed by atoms with Gasteiger partial charge in [0, 0.05) is 25.7 Å². The molecule has 0 aliphatic carbocycles. The molecule has 17 nitrogen and oxygen atoms in total. The molecule has 618 valence electrons. The number of aliphatic hydroxyl groups is 1. The first-order chi connectivity index (χ1) is 50.5. The van der Waals surface area contributed by atoms with Crippen LogP contribution in [0.25, 0.3) is 0 Å². The molecule has 3 N–H and O–H groups in total. The lowest BCUT2D eigenvalue weighted by Crippen LogP contribution is -2.30. The molecule has 2 unspecified atom stereocenters. The summed E-state index contributed by atoms with van der Waals surface area (Å²) in [6.07, 6.45) is 70.8. The number of hydrogen-bond acceptors (Lipinski definition) is 15. The minimum absolute atomic E-state index is 0.108. The first kappa shape index (κ1) is 102. The molecule has 0 amide bonds. The van der Waals surface area contributed by atoms with Gasteiger partial charge in [0.25, 0.3) is 0 Å². The molecule has 0 aromatic carbocycles. The summed E-state index contributed by atoms with van der Waals surface area (Å²) in [5, 5.41) is 10.7. The van der Waals surface area contributed by atoms with E-state index < -0.39 is 97.5 Å². The lowest BCUT2D eigenvalue weighted by atomic mass is 10.0. The largest absolute Gasteiger partial charge is 0.472 e. The van der Waals surface area contributed by atoms with Crippen molar-refractivity contribution < 1.29 is 80.2 Å². The number of unbranched alkanes of at least 4 members (excludes halogenated alkanes) is 57. The van der Waals surface area contributed by atoms with Gasteiger partial charge in [-0.2, -0.15) is 0 Å². The van der Waals surface area contributed by atoms with Crippen LogP contribution in [0.15, 0.2) is 0 Å². The second-order valence-corrected chi connectivity index (χ2v) is 34.0. The van der Waals surface area contributed by atoms with Crippen molar-refractivity contribution in [3.63, 3.8) is 0 Å². The average Bonchev–Trinajstić information content (AvgIpc) is 1.00. The summed E-state index contributed by atoms with van der Waals surface area (Å²) in [7, 11) is -9.93. The van der Waals surface area contributed by atoms with E-state index in [0.29, 0.717) is 25.7 Å². The Morgan fingerprint density at radius 1 is 0.260 bits per heavy atom. The van der Waals surface area contributed by atoms with E-state index >= 15 is 0 Å². The SMILES string of the molecule is CCCCCCCCCCCCCCCCCCCCCCC(=O)O[C@H](COC(=O)CCCCCCCCCCCCCCCCCCC)COP(=O)(O)OC[C@@H](O)COP(=O)(O)OC[C@@H](COC(=O)CCCCCCCCCCCC(C)C)OC(=O)CCCCCCCCCCCCCCCCC. The van der Waals surface area contributed by atoms with Crippen molar-refractivity contribution in [1.29, 1.82) is 0 Å². The zero-order valence-electron chi connectivity index (χ0n) is 68.2. The van der Waals surface area contributed by atoms with Crippen LogP contribution < -0.4 is 0 Å². The highest BCUT2D eigenvalue weighted by Gasteiger charge is 2.30. The van der Waals surface area contributed by atoms with E-state index in [1.165, 1.54) is 283 Å². The number of phosphoric acid groups is 2. The quantitative estimate of drug-likeness (QED) is 0.0222. The number of phosphoric ester groups is 2. The van der Waals surface area contributed by atoms with Crippen LogP contribution >= 0.6 is 15.6 Å². The highest BCUT2D eigenvalue weighted by Crippen LogP contribution is 2.45. The predicted molar refractivity (Wildman–Crippen MR) is 428 cm³/mol. The predicted octanol–water partition coefficient (Wildman–Crippen LogP) is 26.0. The van der Waals surface area contributed by atoms with Crippen molar-refractivity contribution in [2.45, 2.75) is 477 Å². The molecular formula is C85H166O17P2. The van der Waals surface area contributed by atoms with Gasteiger partial charge < -0.3 is 33.8 Å². The molecule has 0 aromatic heterocycles. The first-order valence-corrected chi connectivity index (χ1v) is 47.1. The van der Waals surface area contributed by atoms with Gasteiger partial charge in [0.2, 0.25) is 0 Å². The Labute approximate surface area is 638 Å². The third kappa shape index (κ3) is 78.2. The van der Waals surface area contributed by atoms with E-state index in [9.17, 15) is 43.2 Å². The number of rotatable bonds is 85. The van der Waals surface area contributed by atoms with Crippen LogP contribution in [0.5, 0.6) is 0 Å². The maximum atomic E-state index is 13.1. The number of aliphatic hydroxyl groups excluding tert-OH is 1. The minimum atomic E-state index is -4.96. The van der Waals surface area contributed by atoms with Gasteiger partial charge >= 0.3 is 39.5 Å². The van der Waals surface area contributed by atoms with Crippen LogP contribution in [0, 0.1) is 5.92 Å². The van der Waals surface area contributed by atoms with Crippen molar-refractivity contribution in [1.82, 2.24) is 0 Å². The summed E-state index contributed by atoms with van der Waals surface area (Å²) >= 11 is 0. The Kier molecular flexibility index (Phi) is 76.3. The van der Waals surface area contributed by atoms with Crippen molar-refractivity contribution in [3.05, 3.63) is 0 Å². The number of esters is 4. The van der Waals surface area contributed by atoms with E-state index in [4.69, 9.17) is 37.0 Å². The topological polar surface area (TPSA) is 237 Å². The Morgan fingerprint density at radius 3 is 0.654 bits per heavy atom. The zero-order valence-corrected chi connectivity index (χ0v) is 70.0. The maximum Gasteiger partial charge on any atom is 0.472 e. The van der Waals surface area contributed by atoms with Crippen molar-refractivity contribution in [2.75, 3.05) is 39.6 Å². The molecule has 0 aliphatic rings. The third-order valence-corrected chi connectivity index (χ3v) is 21.9. The van der Waals surface area contributed by atoms with Gasteiger partial charge in [-0.3, -0.25) is 37.3 Å². The van der Waals surface area contributed by atoms with E-state index in [1.807, 2.05) is 0 Å². The summed E-state index contributed by atoms with van der Waals surface area (Å²) in [4.78, 5) is 73.2. The average molecular weight is 1520 g/mol. The summed E-state index contributed by atoms with van der Waals surface area (Å²) < 4.78 is 68.9. The van der Waals surface area contributed by atoms with Gasteiger partial charge in [-0.25, -0.2) is 9.13 Å². The minimum Gasteiger partial charge on any atom is -0.462 e. The fraction of sp³-hybridized carbons (Fsp3) is 0.953. The summed E-state index contributed by atoms with van der Waals surface area (Å²) in [6, 6.07) is 0. The van der Waals surface area contributed by atoms with Crippen molar-refractivity contribution in [2.24, 2.45) is 5.92 Å². The van der Waals surface area contributed by atoms with Gasteiger partial charge in [0.05, 0.1) is 26.4 Å². The van der Waals surface area contributed by atoms with E-state index in [1.54, 1.807) is 0 Å².